The molecule has 0 bridgehead atoms. The van der Waals surface area contributed by atoms with Crippen LogP contribution < -0.4 is 19.1 Å². The van der Waals surface area contributed by atoms with Crippen molar-refractivity contribution in [3.05, 3.63) is 89.7 Å². The Morgan fingerprint density at radius 3 is 2.28 bits per heavy atom. The Morgan fingerprint density at radius 1 is 0.930 bits per heavy atom. The van der Waals surface area contributed by atoms with Gasteiger partial charge >= 0.3 is 0 Å². The Labute approximate surface area is 251 Å². The first-order chi connectivity index (χ1) is 20.7. The van der Waals surface area contributed by atoms with Crippen molar-refractivity contribution in [1.82, 2.24) is 10.2 Å². The maximum atomic E-state index is 14.2. The standard InChI is InChI=1S/C32H36FN3O6S/c1-43(39,40)36(27-15-16-29-30(20-27)42-18-17-41-29)22-31(37)35(21-24-11-13-25(33)14-12-24)28(19-23-7-3-2-4-8-23)32(38)34-26-9-5-6-10-26/h2-4,7-8,11-16,20,26,28H,5-6,9-10,17-19,21-22H2,1H3,(H,34,38)/t28-/m1/s1. The molecule has 1 heterocycles. The van der Waals surface area contributed by atoms with E-state index in [0.29, 0.717) is 30.3 Å². The fourth-order valence-electron chi connectivity index (χ4n) is 5.51. The van der Waals surface area contributed by atoms with Gasteiger partial charge in [0, 0.05) is 25.1 Å². The minimum Gasteiger partial charge on any atom is -0.486 e. The fourth-order valence-corrected chi connectivity index (χ4v) is 6.35. The molecular weight excluding hydrogens is 573 g/mol. The zero-order valence-corrected chi connectivity index (χ0v) is 24.9. The predicted octanol–water partition coefficient (Wildman–Crippen LogP) is 4.06. The van der Waals surface area contributed by atoms with Crippen LogP contribution in [0, 0.1) is 5.82 Å². The van der Waals surface area contributed by atoms with Gasteiger partial charge in [0.25, 0.3) is 0 Å². The Hall–Kier alpha value is -4.12. The van der Waals surface area contributed by atoms with Gasteiger partial charge in [-0.1, -0.05) is 55.3 Å². The Balaban J connectivity index is 1.50. The van der Waals surface area contributed by atoms with Crippen molar-refractivity contribution in [3.63, 3.8) is 0 Å². The first kappa shape index (κ1) is 30.3. The number of rotatable bonds is 11. The van der Waals surface area contributed by atoms with E-state index in [1.807, 2.05) is 30.3 Å². The first-order valence-electron chi connectivity index (χ1n) is 14.4. The van der Waals surface area contributed by atoms with Crippen LogP contribution in [-0.4, -0.2) is 63.2 Å². The molecule has 228 valence electrons. The fraction of sp³-hybridized carbons (Fsp3) is 0.375. The molecule has 1 N–H and O–H groups in total. The van der Waals surface area contributed by atoms with Crippen LogP contribution in [0.4, 0.5) is 10.1 Å². The van der Waals surface area contributed by atoms with E-state index < -0.39 is 34.3 Å². The number of carbonyl (C=O) groups excluding carboxylic acids is 2. The summed E-state index contributed by atoms with van der Waals surface area (Å²) in [5, 5.41) is 3.12. The largest absolute Gasteiger partial charge is 0.486 e. The van der Waals surface area contributed by atoms with E-state index in [-0.39, 0.29) is 30.6 Å². The number of amides is 2. The van der Waals surface area contributed by atoms with Crippen LogP contribution in [-0.2, 0) is 32.6 Å². The minimum absolute atomic E-state index is 0.0128. The normalized spacial score (nSPS) is 15.5. The summed E-state index contributed by atoms with van der Waals surface area (Å²) in [7, 11) is -3.94. The quantitative estimate of drug-likeness (QED) is 0.352. The molecule has 2 amide bonds. The van der Waals surface area contributed by atoms with Crippen LogP contribution in [0.5, 0.6) is 11.5 Å². The molecule has 1 fully saturated rings. The van der Waals surface area contributed by atoms with Crippen molar-refractivity contribution >= 4 is 27.5 Å². The van der Waals surface area contributed by atoms with Crippen molar-refractivity contribution in [3.8, 4) is 11.5 Å². The lowest BCUT2D eigenvalue weighted by Gasteiger charge is -2.34. The molecule has 3 aromatic rings. The number of carbonyl (C=O) groups is 2. The molecule has 0 spiro atoms. The third-order valence-corrected chi connectivity index (χ3v) is 8.87. The van der Waals surface area contributed by atoms with Crippen molar-refractivity contribution in [2.45, 2.75) is 50.7 Å². The number of sulfonamides is 1. The molecular formula is C32H36FN3O6S. The second kappa shape index (κ2) is 13.5. The van der Waals surface area contributed by atoms with Gasteiger partial charge in [-0.2, -0.15) is 0 Å². The molecule has 43 heavy (non-hydrogen) atoms. The van der Waals surface area contributed by atoms with Crippen molar-refractivity contribution in [2.75, 3.05) is 30.3 Å². The number of halogens is 1. The molecule has 5 rings (SSSR count). The van der Waals surface area contributed by atoms with E-state index in [1.54, 1.807) is 24.3 Å². The average molecular weight is 610 g/mol. The van der Waals surface area contributed by atoms with E-state index in [1.165, 1.54) is 23.1 Å². The summed E-state index contributed by atoms with van der Waals surface area (Å²) < 4.78 is 52.0. The monoisotopic (exact) mass is 609 g/mol. The molecule has 1 aliphatic heterocycles. The zero-order chi connectivity index (χ0) is 30.4. The van der Waals surface area contributed by atoms with Crippen LogP contribution in [0.25, 0.3) is 0 Å². The molecule has 11 heteroatoms. The van der Waals surface area contributed by atoms with Gasteiger partial charge in [-0.25, -0.2) is 12.8 Å². The second-order valence-corrected chi connectivity index (χ2v) is 12.8. The molecule has 0 unspecified atom stereocenters. The summed E-state index contributed by atoms with van der Waals surface area (Å²) in [5.41, 5.74) is 1.68. The summed E-state index contributed by atoms with van der Waals surface area (Å²) in [5.74, 6) is -0.447. The smallest absolute Gasteiger partial charge is 0.244 e. The van der Waals surface area contributed by atoms with E-state index >= 15 is 0 Å². The predicted molar refractivity (Wildman–Crippen MR) is 161 cm³/mol. The second-order valence-electron chi connectivity index (χ2n) is 10.9. The number of fused-ring (bicyclic) bond motifs is 1. The highest BCUT2D eigenvalue weighted by Crippen LogP contribution is 2.35. The number of nitrogens with zero attached hydrogens (tertiary/aromatic N) is 2. The number of anilines is 1. The molecule has 0 radical (unpaired) electrons. The topological polar surface area (TPSA) is 105 Å². The molecule has 2 aliphatic rings. The molecule has 9 nitrogen and oxygen atoms in total. The molecule has 0 saturated heterocycles. The van der Waals surface area contributed by atoms with E-state index in [2.05, 4.69) is 5.32 Å². The molecule has 1 aliphatic carbocycles. The van der Waals surface area contributed by atoms with Gasteiger partial charge in [0.2, 0.25) is 21.8 Å². The lowest BCUT2D eigenvalue weighted by atomic mass is 10.0. The maximum Gasteiger partial charge on any atom is 0.244 e. The van der Waals surface area contributed by atoms with E-state index in [4.69, 9.17) is 9.47 Å². The Bertz CT molecular complexity index is 1530. The van der Waals surface area contributed by atoms with Crippen LogP contribution in [0.3, 0.4) is 0 Å². The van der Waals surface area contributed by atoms with Gasteiger partial charge in [0.1, 0.15) is 31.6 Å². The Morgan fingerprint density at radius 2 is 1.60 bits per heavy atom. The number of hydrogen-bond acceptors (Lipinski definition) is 6. The minimum atomic E-state index is -3.94. The summed E-state index contributed by atoms with van der Waals surface area (Å²) >= 11 is 0. The highest BCUT2D eigenvalue weighted by atomic mass is 32.2. The maximum absolute atomic E-state index is 14.2. The highest BCUT2D eigenvalue weighted by Gasteiger charge is 2.34. The van der Waals surface area contributed by atoms with Crippen LogP contribution in [0.15, 0.2) is 72.8 Å². The van der Waals surface area contributed by atoms with Crippen molar-refractivity contribution < 1.29 is 31.9 Å². The molecule has 0 aromatic heterocycles. The third-order valence-electron chi connectivity index (χ3n) is 7.73. The van der Waals surface area contributed by atoms with Gasteiger partial charge in [-0.3, -0.25) is 13.9 Å². The number of ether oxygens (including phenoxy) is 2. The van der Waals surface area contributed by atoms with E-state index in [9.17, 15) is 22.4 Å². The summed E-state index contributed by atoms with van der Waals surface area (Å²) in [4.78, 5) is 29.5. The highest BCUT2D eigenvalue weighted by molar-refractivity contribution is 7.92. The average Bonchev–Trinajstić information content (AvgIpc) is 3.51. The van der Waals surface area contributed by atoms with E-state index in [0.717, 1.165) is 41.8 Å². The van der Waals surface area contributed by atoms with Gasteiger partial charge < -0.3 is 19.7 Å². The summed E-state index contributed by atoms with van der Waals surface area (Å²) in [6, 6.07) is 18.8. The lowest BCUT2D eigenvalue weighted by molar-refractivity contribution is -0.140. The van der Waals surface area contributed by atoms with Gasteiger partial charge in [0.15, 0.2) is 11.5 Å². The summed E-state index contributed by atoms with van der Waals surface area (Å²) in [6.45, 7) is 0.122. The SMILES string of the molecule is CS(=O)(=O)N(CC(=O)N(Cc1ccc(F)cc1)[C@H](Cc1ccccc1)C(=O)NC1CCCC1)c1ccc2c(c1)OCCO2. The van der Waals surface area contributed by atoms with Gasteiger partial charge in [-0.15, -0.1) is 0 Å². The summed E-state index contributed by atoms with van der Waals surface area (Å²) in [6.07, 6.45) is 5.00. The van der Waals surface area contributed by atoms with Crippen molar-refractivity contribution in [2.24, 2.45) is 0 Å². The third kappa shape index (κ3) is 7.84. The number of hydrogen-bond donors (Lipinski definition) is 1. The molecule has 1 saturated carbocycles. The van der Waals surface area contributed by atoms with Gasteiger partial charge in [0.05, 0.1) is 11.9 Å². The van der Waals surface area contributed by atoms with Crippen LogP contribution in [0.2, 0.25) is 0 Å². The molecule has 3 aromatic carbocycles. The van der Waals surface area contributed by atoms with Crippen LogP contribution in [0.1, 0.15) is 36.8 Å². The van der Waals surface area contributed by atoms with Crippen LogP contribution >= 0.6 is 0 Å². The number of benzene rings is 3. The number of nitrogens with one attached hydrogen (secondary N) is 1. The zero-order valence-electron chi connectivity index (χ0n) is 24.1. The van der Waals surface area contributed by atoms with Gasteiger partial charge in [-0.05, 0) is 48.2 Å². The Kier molecular flexibility index (Phi) is 9.49. The lowest BCUT2D eigenvalue weighted by Crippen LogP contribution is -2.54. The van der Waals surface area contributed by atoms with Crippen molar-refractivity contribution in [1.29, 1.82) is 0 Å². The first-order valence-corrected chi connectivity index (χ1v) is 16.3. The molecule has 1 atom stereocenters.